The lowest BCUT2D eigenvalue weighted by molar-refractivity contribution is 0.287. The third-order valence-electron chi connectivity index (χ3n) is 4.09. The lowest BCUT2D eigenvalue weighted by Crippen LogP contribution is -2.47. The fourth-order valence-electron chi connectivity index (χ4n) is 2.63. The maximum Gasteiger partial charge on any atom is 0.304 e. The van der Waals surface area contributed by atoms with E-state index in [1.54, 1.807) is 4.31 Å². The van der Waals surface area contributed by atoms with Crippen LogP contribution in [-0.4, -0.2) is 32.4 Å². The summed E-state index contributed by atoms with van der Waals surface area (Å²) in [7, 11) is -3.43. The van der Waals surface area contributed by atoms with Gasteiger partial charge in [-0.1, -0.05) is 19.1 Å². The molecule has 1 aliphatic rings. The Hall–Kier alpha value is -1.11. The fourth-order valence-corrected chi connectivity index (χ4v) is 4.30. The van der Waals surface area contributed by atoms with Crippen LogP contribution in [0.1, 0.15) is 32.3 Å². The van der Waals surface area contributed by atoms with E-state index in [1.165, 1.54) is 4.31 Å². The first kappa shape index (κ1) is 16.3. The largest absolute Gasteiger partial charge is 0.326 e. The zero-order valence-electron chi connectivity index (χ0n) is 12.8. The molecule has 2 rings (SSSR count). The molecule has 0 aromatic heterocycles. The second-order valence-electron chi connectivity index (χ2n) is 5.62. The highest BCUT2D eigenvalue weighted by Crippen LogP contribution is 2.25. The van der Waals surface area contributed by atoms with Gasteiger partial charge < -0.3 is 5.73 Å². The molecule has 0 atom stereocenters. The van der Waals surface area contributed by atoms with Crippen LogP contribution in [0.3, 0.4) is 0 Å². The highest BCUT2D eigenvalue weighted by Gasteiger charge is 2.31. The molecular formula is C15H25N3O2S. The van der Waals surface area contributed by atoms with Crippen molar-refractivity contribution < 1.29 is 8.42 Å². The summed E-state index contributed by atoms with van der Waals surface area (Å²) in [5.74, 6) is 0.607. The van der Waals surface area contributed by atoms with Crippen molar-refractivity contribution in [3.05, 3.63) is 29.8 Å². The van der Waals surface area contributed by atoms with E-state index in [-0.39, 0.29) is 0 Å². The van der Waals surface area contributed by atoms with Gasteiger partial charge in [-0.3, -0.25) is 4.31 Å². The number of piperidine rings is 1. The molecule has 0 bridgehead atoms. The van der Waals surface area contributed by atoms with Crippen LogP contribution < -0.4 is 10.0 Å². The number of benzene rings is 1. The molecule has 1 aromatic rings. The fraction of sp³-hybridized carbons (Fsp3) is 0.600. The quantitative estimate of drug-likeness (QED) is 0.904. The second-order valence-corrected chi connectivity index (χ2v) is 7.48. The van der Waals surface area contributed by atoms with E-state index in [0.717, 1.165) is 18.4 Å². The van der Waals surface area contributed by atoms with Crippen molar-refractivity contribution in [2.45, 2.75) is 33.2 Å². The summed E-state index contributed by atoms with van der Waals surface area (Å²) in [6, 6.07) is 7.42. The third-order valence-corrected chi connectivity index (χ3v) is 6.14. The van der Waals surface area contributed by atoms with Crippen LogP contribution in [0, 0.1) is 5.92 Å². The van der Waals surface area contributed by atoms with E-state index in [0.29, 0.717) is 37.8 Å². The first-order chi connectivity index (χ1) is 9.98. The van der Waals surface area contributed by atoms with Crippen molar-refractivity contribution >= 4 is 15.9 Å². The Bertz CT molecular complexity index is 549. The van der Waals surface area contributed by atoms with Gasteiger partial charge in [0.15, 0.2) is 0 Å². The van der Waals surface area contributed by atoms with Gasteiger partial charge in [0, 0.05) is 26.2 Å². The van der Waals surface area contributed by atoms with Gasteiger partial charge in [0.1, 0.15) is 0 Å². The summed E-state index contributed by atoms with van der Waals surface area (Å²) in [5.41, 5.74) is 7.29. The van der Waals surface area contributed by atoms with Crippen LogP contribution in [0.2, 0.25) is 0 Å². The Balaban J connectivity index is 2.22. The molecule has 1 saturated heterocycles. The topological polar surface area (TPSA) is 66.6 Å². The van der Waals surface area contributed by atoms with Gasteiger partial charge in [0.05, 0.1) is 5.69 Å². The molecule has 6 heteroatoms. The minimum absolute atomic E-state index is 0.427. The Labute approximate surface area is 127 Å². The smallest absolute Gasteiger partial charge is 0.304 e. The Morgan fingerprint density at radius 1 is 1.24 bits per heavy atom. The predicted octanol–water partition coefficient (Wildman–Crippen LogP) is 1.95. The van der Waals surface area contributed by atoms with Crippen molar-refractivity contribution in [1.82, 2.24) is 4.31 Å². The SMILES string of the molecule is CCN(c1ccc(CN)cc1)S(=O)(=O)N1CCC(C)CC1. The molecule has 0 saturated carbocycles. The van der Waals surface area contributed by atoms with Crippen molar-refractivity contribution in [3.8, 4) is 0 Å². The highest BCUT2D eigenvalue weighted by molar-refractivity contribution is 7.90. The van der Waals surface area contributed by atoms with Crippen molar-refractivity contribution in [3.63, 3.8) is 0 Å². The van der Waals surface area contributed by atoms with Crippen molar-refractivity contribution in [2.75, 3.05) is 23.9 Å². The van der Waals surface area contributed by atoms with Gasteiger partial charge >= 0.3 is 10.2 Å². The lowest BCUT2D eigenvalue weighted by Gasteiger charge is -2.34. The molecular weight excluding hydrogens is 286 g/mol. The molecule has 0 unspecified atom stereocenters. The number of nitrogens with zero attached hydrogens (tertiary/aromatic N) is 2. The first-order valence-corrected chi connectivity index (χ1v) is 8.95. The average Bonchev–Trinajstić information content (AvgIpc) is 2.49. The average molecular weight is 311 g/mol. The van der Waals surface area contributed by atoms with E-state index in [1.807, 2.05) is 31.2 Å². The minimum atomic E-state index is -3.43. The number of rotatable bonds is 5. The van der Waals surface area contributed by atoms with Crippen LogP contribution in [0.4, 0.5) is 5.69 Å². The van der Waals surface area contributed by atoms with E-state index in [9.17, 15) is 8.42 Å². The highest BCUT2D eigenvalue weighted by atomic mass is 32.2. The molecule has 1 aliphatic heterocycles. The van der Waals surface area contributed by atoms with Crippen LogP contribution in [0.25, 0.3) is 0 Å². The monoisotopic (exact) mass is 311 g/mol. The van der Waals surface area contributed by atoms with Gasteiger partial charge in [-0.15, -0.1) is 0 Å². The minimum Gasteiger partial charge on any atom is -0.326 e. The van der Waals surface area contributed by atoms with Crippen molar-refractivity contribution in [1.29, 1.82) is 0 Å². The summed E-state index contributed by atoms with van der Waals surface area (Å²) in [5, 5.41) is 0. The van der Waals surface area contributed by atoms with E-state index in [4.69, 9.17) is 5.73 Å². The Morgan fingerprint density at radius 2 is 1.81 bits per heavy atom. The molecule has 1 heterocycles. The maximum absolute atomic E-state index is 12.8. The summed E-state index contributed by atoms with van der Waals surface area (Å²) < 4.78 is 28.7. The van der Waals surface area contributed by atoms with Gasteiger partial charge in [0.25, 0.3) is 0 Å². The lowest BCUT2D eigenvalue weighted by atomic mass is 10.0. The van der Waals surface area contributed by atoms with Crippen LogP contribution in [0.15, 0.2) is 24.3 Å². The molecule has 2 N–H and O–H groups in total. The standard InChI is InChI=1S/C15H25N3O2S/c1-3-18(15-6-4-14(12-16)5-7-15)21(19,20)17-10-8-13(2)9-11-17/h4-7,13H,3,8-12,16H2,1-2H3. The summed E-state index contributed by atoms with van der Waals surface area (Å²) in [4.78, 5) is 0. The summed E-state index contributed by atoms with van der Waals surface area (Å²) in [6.07, 6.45) is 1.87. The first-order valence-electron chi connectivity index (χ1n) is 7.55. The molecule has 0 amide bonds. The Morgan fingerprint density at radius 3 is 2.29 bits per heavy atom. The van der Waals surface area contributed by atoms with Crippen LogP contribution >= 0.6 is 0 Å². The molecule has 21 heavy (non-hydrogen) atoms. The molecule has 0 aliphatic carbocycles. The molecule has 118 valence electrons. The van der Waals surface area contributed by atoms with Gasteiger partial charge in [-0.25, -0.2) is 0 Å². The number of nitrogens with two attached hydrogens (primary N) is 1. The van der Waals surface area contributed by atoms with E-state index in [2.05, 4.69) is 6.92 Å². The number of hydrogen-bond acceptors (Lipinski definition) is 3. The molecule has 5 nitrogen and oxygen atoms in total. The molecule has 1 aromatic carbocycles. The Kier molecular flexibility index (Phi) is 5.24. The normalized spacial score (nSPS) is 17.9. The second kappa shape index (κ2) is 6.77. The van der Waals surface area contributed by atoms with Crippen LogP contribution in [-0.2, 0) is 16.8 Å². The number of anilines is 1. The van der Waals surface area contributed by atoms with Crippen molar-refractivity contribution in [2.24, 2.45) is 11.7 Å². The zero-order valence-corrected chi connectivity index (χ0v) is 13.6. The van der Waals surface area contributed by atoms with E-state index >= 15 is 0 Å². The van der Waals surface area contributed by atoms with Gasteiger partial charge in [-0.2, -0.15) is 12.7 Å². The molecule has 1 fully saturated rings. The third kappa shape index (κ3) is 3.56. The summed E-state index contributed by atoms with van der Waals surface area (Å²) >= 11 is 0. The molecule has 0 radical (unpaired) electrons. The summed E-state index contributed by atoms with van der Waals surface area (Å²) in [6.45, 7) is 6.15. The van der Waals surface area contributed by atoms with Gasteiger partial charge in [-0.05, 0) is 43.4 Å². The molecule has 0 spiro atoms. The number of hydrogen-bond donors (Lipinski definition) is 1. The van der Waals surface area contributed by atoms with Gasteiger partial charge in [0.2, 0.25) is 0 Å². The predicted molar refractivity (Wildman–Crippen MR) is 86.2 cm³/mol. The maximum atomic E-state index is 12.8. The van der Waals surface area contributed by atoms with E-state index < -0.39 is 10.2 Å². The zero-order chi connectivity index (χ0) is 15.5. The van der Waals surface area contributed by atoms with Crippen LogP contribution in [0.5, 0.6) is 0 Å².